The number of hydrogen-bond acceptors (Lipinski definition) is 2. The van der Waals surface area contributed by atoms with Crippen molar-refractivity contribution in [2.45, 2.75) is 6.92 Å². The molecule has 1 aromatic heterocycles. The van der Waals surface area contributed by atoms with Gasteiger partial charge in [0.2, 0.25) is 5.39 Å². The SMILES string of the molecule is Cc1[nH]c(-c2ccccc2)c([N+]#N)c1C(N)=O. The van der Waals surface area contributed by atoms with Crippen LogP contribution in [-0.4, -0.2) is 10.9 Å². The first-order chi connectivity index (χ1) is 8.15. The summed E-state index contributed by atoms with van der Waals surface area (Å²) in [6.07, 6.45) is 0. The minimum Gasteiger partial charge on any atom is -0.365 e. The van der Waals surface area contributed by atoms with Gasteiger partial charge in [0.25, 0.3) is 5.91 Å². The number of aromatic nitrogens is 1. The van der Waals surface area contributed by atoms with E-state index in [-0.39, 0.29) is 11.3 Å². The van der Waals surface area contributed by atoms with E-state index in [4.69, 9.17) is 11.1 Å². The number of aryl methyl sites for hydroxylation is 1. The van der Waals surface area contributed by atoms with E-state index >= 15 is 0 Å². The lowest BCUT2D eigenvalue weighted by Gasteiger charge is -1.93. The summed E-state index contributed by atoms with van der Waals surface area (Å²) in [5.41, 5.74) is 7.65. The molecule has 0 bridgehead atoms. The molecule has 0 saturated carbocycles. The number of benzene rings is 1. The van der Waals surface area contributed by atoms with Crippen molar-refractivity contribution in [1.29, 1.82) is 5.39 Å². The fraction of sp³-hybridized carbons (Fsp3) is 0.0833. The number of nitrogens with two attached hydrogens (primary N) is 1. The molecule has 1 heterocycles. The van der Waals surface area contributed by atoms with Gasteiger partial charge in [0.05, 0.1) is 0 Å². The molecule has 5 heteroatoms. The van der Waals surface area contributed by atoms with Crippen molar-refractivity contribution in [3.05, 3.63) is 46.6 Å². The van der Waals surface area contributed by atoms with Crippen LogP contribution >= 0.6 is 0 Å². The third kappa shape index (κ3) is 1.76. The molecule has 0 unspecified atom stereocenters. The average molecular weight is 227 g/mol. The van der Waals surface area contributed by atoms with Gasteiger partial charge in [-0.3, -0.25) is 4.79 Å². The van der Waals surface area contributed by atoms with Crippen molar-refractivity contribution < 1.29 is 4.79 Å². The Morgan fingerprint density at radius 2 is 2.00 bits per heavy atom. The predicted octanol–water partition coefficient (Wildman–Crippen LogP) is 2.57. The molecule has 17 heavy (non-hydrogen) atoms. The predicted molar refractivity (Wildman–Crippen MR) is 64.2 cm³/mol. The van der Waals surface area contributed by atoms with Crippen LogP contribution in [0, 0.1) is 12.3 Å². The number of diazo groups is 1. The van der Waals surface area contributed by atoms with Gasteiger partial charge in [-0.25, -0.2) is 0 Å². The number of aromatic amines is 1. The summed E-state index contributed by atoms with van der Waals surface area (Å²) < 4.78 is 0. The first-order valence-electron chi connectivity index (χ1n) is 5.08. The summed E-state index contributed by atoms with van der Waals surface area (Å²) in [7, 11) is 0. The number of nitrogens with one attached hydrogen (secondary N) is 1. The van der Waals surface area contributed by atoms with Crippen molar-refractivity contribution in [2.75, 3.05) is 0 Å². The van der Waals surface area contributed by atoms with Gasteiger partial charge in [-0.05, 0) is 6.92 Å². The molecule has 0 spiro atoms. The number of carbonyl (C=O) groups is 1. The summed E-state index contributed by atoms with van der Waals surface area (Å²) in [5, 5.41) is 9.02. The summed E-state index contributed by atoms with van der Waals surface area (Å²) in [6, 6.07) is 9.30. The number of rotatable bonds is 2. The first-order valence-corrected chi connectivity index (χ1v) is 5.08. The Balaban J connectivity index is 2.70. The molecule has 1 aromatic carbocycles. The Morgan fingerprint density at radius 3 is 2.53 bits per heavy atom. The van der Waals surface area contributed by atoms with Crippen LogP contribution in [0.1, 0.15) is 16.1 Å². The highest BCUT2D eigenvalue weighted by Gasteiger charge is 2.30. The molecule has 0 saturated heterocycles. The summed E-state index contributed by atoms with van der Waals surface area (Å²) in [4.78, 5) is 17.4. The largest absolute Gasteiger partial charge is 0.423 e. The lowest BCUT2D eigenvalue weighted by molar-refractivity contribution is 0.100. The van der Waals surface area contributed by atoms with E-state index in [2.05, 4.69) is 9.96 Å². The lowest BCUT2D eigenvalue weighted by atomic mass is 10.1. The van der Waals surface area contributed by atoms with Crippen molar-refractivity contribution in [3.63, 3.8) is 0 Å². The highest BCUT2D eigenvalue weighted by molar-refractivity contribution is 6.03. The highest BCUT2D eigenvalue weighted by Crippen LogP contribution is 2.34. The zero-order valence-corrected chi connectivity index (χ0v) is 9.27. The smallest absolute Gasteiger partial charge is 0.365 e. The van der Waals surface area contributed by atoms with Gasteiger partial charge in [-0.1, -0.05) is 30.3 Å². The maximum atomic E-state index is 11.3. The number of H-pyrrole nitrogens is 1. The molecule has 0 aliphatic rings. The molecule has 0 aliphatic carbocycles. The van der Waals surface area contributed by atoms with Gasteiger partial charge < -0.3 is 10.7 Å². The van der Waals surface area contributed by atoms with Gasteiger partial charge >= 0.3 is 5.69 Å². The van der Waals surface area contributed by atoms with Crippen LogP contribution in [0.4, 0.5) is 5.69 Å². The second-order valence-corrected chi connectivity index (χ2v) is 3.68. The third-order valence-corrected chi connectivity index (χ3v) is 2.57. The van der Waals surface area contributed by atoms with E-state index in [1.807, 2.05) is 30.3 Å². The van der Waals surface area contributed by atoms with E-state index in [9.17, 15) is 4.79 Å². The van der Waals surface area contributed by atoms with Gasteiger partial charge in [0.1, 0.15) is 5.69 Å². The van der Waals surface area contributed by atoms with Crippen LogP contribution in [0.3, 0.4) is 0 Å². The quantitative estimate of drug-likeness (QED) is 0.772. The molecule has 2 rings (SSSR count). The van der Waals surface area contributed by atoms with E-state index in [0.717, 1.165) is 5.56 Å². The van der Waals surface area contributed by atoms with Gasteiger partial charge in [0, 0.05) is 11.3 Å². The normalized spacial score (nSPS) is 9.88. The fourth-order valence-corrected chi connectivity index (χ4v) is 1.83. The Hall–Kier alpha value is -2.61. The number of hydrogen-bond donors (Lipinski definition) is 2. The Kier molecular flexibility index (Phi) is 2.63. The number of carbonyl (C=O) groups excluding carboxylic acids is 1. The standard InChI is InChI=1S/C12H10N4O/c1-7-9(12(13)17)11(16-14)10(15-7)8-5-3-2-4-6-8/h2-6H,1H3,(H2-,13,15,17)/p+1. The van der Waals surface area contributed by atoms with Gasteiger partial charge in [-0.15, -0.1) is 0 Å². The average Bonchev–Trinajstić information content (AvgIpc) is 2.67. The van der Waals surface area contributed by atoms with E-state index < -0.39 is 5.91 Å². The van der Waals surface area contributed by atoms with Gasteiger partial charge in [0.15, 0.2) is 10.5 Å². The molecule has 1 amide bonds. The highest BCUT2D eigenvalue weighted by atomic mass is 16.1. The van der Waals surface area contributed by atoms with Crippen LogP contribution in [0.25, 0.3) is 16.2 Å². The Morgan fingerprint density at radius 1 is 1.35 bits per heavy atom. The number of amides is 1. The summed E-state index contributed by atoms with van der Waals surface area (Å²) in [5.74, 6) is -0.617. The van der Waals surface area contributed by atoms with Crippen molar-refractivity contribution >= 4 is 11.6 Å². The van der Waals surface area contributed by atoms with E-state index in [1.54, 1.807) is 6.92 Å². The molecule has 2 aromatic rings. The molecule has 0 aliphatic heterocycles. The van der Waals surface area contributed by atoms with Crippen LogP contribution in [0.15, 0.2) is 30.3 Å². The van der Waals surface area contributed by atoms with E-state index in [1.165, 1.54) is 0 Å². The number of nitrogens with zero attached hydrogens (tertiary/aromatic N) is 2. The molecule has 3 N–H and O–H groups in total. The van der Waals surface area contributed by atoms with Crippen molar-refractivity contribution in [1.82, 2.24) is 4.98 Å². The minimum absolute atomic E-state index is 0.182. The van der Waals surface area contributed by atoms with Crippen LogP contribution in [0.5, 0.6) is 0 Å². The Bertz CT molecular complexity index is 607. The molecule has 0 atom stereocenters. The molecular weight excluding hydrogens is 216 g/mol. The molecule has 0 fully saturated rings. The second kappa shape index (κ2) is 4.10. The maximum Gasteiger partial charge on any atom is 0.423 e. The van der Waals surface area contributed by atoms with Gasteiger partial charge in [-0.2, -0.15) is 0 Å². The van der Waals surface area contributed by atoms with E-state index in [0.29, 0.717) is 11.4 Å². The fourth-order valence-electron chi connectivity index (χ4n) is 1.83. The summed E-state index contributed by atoms with van der Waals surface area (Å²) >= 11 is 0. The maximum absolute atomic E-state index is 11.3. The third-order valence-electron chi connectivity index (χ3n) is 2.57. The molecule has 5 nitrogen and oxygen atoms in total. The van der Waals surface area contributed by atoms with Crippen molar-refractivity contribution in [2.24, 2.45) is 5.73 Å². The monoisotopic (exact) mass is 227 g/mol. The molecule has 84 valence electrons. The Labute approximate surface area is 97.9 Å². The summed E-state index contributed by atoms with van der Waals surface area (Å²) in [6.45, 7) is 1.71. The second-order valence-electron chi connectivity index (χ2n) is 3.68. The van der Waals surface area contributed by atoms with Crippen LogP contribution < -0.4 is 5.73 Å². The first kappa shape index (κ1) is 10.9. The minimum atomic E-state index is -0.617. The van der Waals surface area contributed by atoms with Crippen LogP contribution in [0.2, 0.25) is 0 Å². The van der Waals surface area contributed by atoms with Crippen LogP contribution in [-0.2, 0) is 0 Å². The van der Waals surface area contributed by atoms with Crippen molar-refractivity contribution in [3.8, 4) is 11.3 Å². The lowest BCUT2D eigenvalue weighted by Crippen LogP contribution is -2.11. The topological polar surface area (TPSA) is 87.0 Å². The number of primary amides is 1. The zero-order valence-electron chi connectivity index (χ0n) is 9.27. The molecular formula is C12H11N4O+. The molecule has 0 radical (unpaired) electrons. The zero-order chi connectivity index (χ0) is 12.4.